The van der Waals surface area contributed by atoms with E-state index in [4.69, 9.17) is 5.10 Å². The maximum Gasteiger partial charge on any atom is 0.240 e. The molecule has 3 aromatic carbocycles. The van der Waals surface area contributed by atoms with E-state index in [-0.39, 0.29) is 47.5 Å². The summed E-state index contributed by atoms with van der Waals surface area (Å²) in [4.78, 5) is 28.5. The second-order valence-corrected chi connectivity index (χ2v) is 12.3. The summed E-state index contributed by atoms with van der Waals surface area (Å²) < 4.78 is 29.5. The molecule has 1 N–H and O–H groups in total. The Labute approximate surface area is 242 Å². The summed E-state index contributed by atoms with van der Waals surface area (Å²) in [6.45, 7) is 8.11. The van der Waals surface area contributed by atoms with Crippen molar-refractivity contribution in [2.24, 2.45) is 0 Å². The number of nitrogens with zero attached hydrogens (tertiary/aromatic N) is 3. The van der Waals surface area contributed by atoms with Gasteiger partial charge in [-0.1, -0.05) is 62.7 Å². The number of anilines is 1. The third kappa shape index (κ3) is 6.20. The largest absolute Gasteiger partial charge is 0.350 e. The van der Waals surface area contributed by atoms with Crippen molar-refractivity contribution < 1.29 is 18.4 Å². The lowest BCUT2D eigenvalue weighted by molar-refractivity contribution is -0.123. The number of hydrogen-bond donors (Lipinski definition) is 1. The summed E-state index contributed by atoms with van der Waals surface area (Å²) in [6.07, 6.45) is 0. The van der Waals surface area contributed by atoms with E-state index in [1.165, 1.54) is 40.9 Å². The monoisotopic (exact) mass is 574 g/mol. The quantitative estimate of drug-likeness (QED) is 0.296. The smallest absolute Gasteiger partial charge is 0.240 e. The van der Waals surface area contributed by atoms with Crippen molar-refractivity contribution in [1.29, 1.82) is 0 Å². The zero-order valence-corrected chi connectivity index (χ0v) is 24.3. The van der Waals surface area contributed by atoms with Gasteiger partial charge in [0.1, 0.15) is 24.0 Å². The first-order valence-electron chi connectivity index (χ1n) is 13.4. The molecule has 0 spiro atoms. The Kier molecular flexibility index (Phi) is 8.00. The van der Waals surface area contributed by atoms with Crippen LogP contribution in [0.1, 0.15) is 54.0 Å². The number of carbonyl (C=O) groups excluding carboxylic acids is 2. The van der Waals surface area contributed by atoms with Crippen molar-refractivity contribution in [3.05, 3.63) is 112 Å². The molecule has 2 heterocycles. The molecule has 5 rings (SSSR count). The van der Waals surface area contributed by atoms with E-state index in [1.807, 2.05) is 37.3 Å². The molecule has 0 radical (unpaired) electrons. The second-order valence-electron chi connectivity index (χ2n) is 11.2. The molecule has 1 aliphatic heterocycles. The molecule has 2 amide bonds. The lowest BCUT2D eigenvalue weighted by atomic mass is 9.87. The maximum atomic E-state index is 14.4. The molecule has 0 aliphatic carbocycles. The van der Waals surface area contributed by atoms with Crippen molar-refractivity contribution in [1.82, 2.24) is 15.1 Å². The number of aromatic nitrogens is 2. The van der Waals surface area contributed by atoms with E-state index in [0.717, 1.165) is 33.6 Å². The molecule has 1 aliphatic rings. The van der Waals surface area contributed by atoms with E-state index in [1.54, 1.807) is 22.9 Å². The van der Waals surface area contributed by atoms with E-state index < -0.39 is 5.41 Å². The van der Waals surface area contributed by atoms with Gasteiger partial charge in [0, 0.05) is 17.5 Å². The molecule has 0 unspecified atom stereocenters. The van der Waals surface area contributed by atoms with Crippen LogP contribution in [-0.2, 0) is 21.5 Å². The summed E-state index contributed by atoms with van der Waals surface area (Å²) in [5.74, 6) is -0.733. The maximum absolute atomic E-state index is 14.4. The number of aryl methyl sites for hydroxylation is 1. The highest BCUT2D eigenvalue weighted by Crippen LogP contribution is 2.48. The minimum atomic E-state index is -0.421. The molecule has 212 valence electrons. The summed E-state index contributed by atoms with van der Waals surface area (Å²) in [5, 5.41) is 7.51. The molecule has 1 aromatic heterocycles. The Hall–Kier alpha value is -3.98. The number of carbonyl (C=O) groups is 2. The first-order valence-corrected chi connectivity index (χ1v) is 14.4. The number of halogens is 2. The molecule has 41 heavy (non-hydrogen) atoms. The molecule has 0 bridgehead atoms. The van der Waals surface area contributed by atoms with E-state index in [9.17, 15) is 18.4 Å². The van der Waals surface area contributed by atoms with Crippen LogP contribution in [0.2, 0.25) is 0 Å². The van der Waals surface area contributed by atoms with Gasteiger partial charge in [-0.2, -0.15) is 5.10 Å². The molecule has 0 saturated heterocycles. The lowest BCUT2D eigenvalue weighted by Crippen LogP contribution is -2.42. The van der Waals surface area contributed by atoms with Crippen molar-refractivity contribution in [3.8, 4) is 5.69 Å². The van der Waals surface area contributed by atoms with E-state index in [0.29, 0.717) is 5.82 Å². The summed E-state index contributed by atoms with van der Waals surface area (Å²) in [6, 6.07) is 20.1. The summed E-state index contributed by atoms with van der Waals surface area (Å²) >= 11 is 1.40. The Bertz CT molecular complexity index is 1580. The lowest BCUT2D eigenvalue weighted by Gasteiger charge is -2.24. The van der Waals surface area contributed by atoms with Crippen LogP contribution in [0.4, 0.5) is 14.6 Å². The van der Waals surface area contributed by atoms with Gasteiger partial charge in [-0.3, -0.25) is 14.5 Å². The van der Waals surface area contributed by atoms with Gasteiger partial charge in [0.2, 0.25) is 11.8 Å². The van der Waals surface area contributed by atoms with Crippen LogP contribution >= 0.6 is 11.8 Å². The Morgan fingerprint density at radius 3 is 2.39 bits per heavy atom. The molecule has 0 saturated carbocycles. The number of fused-ring (bicyclic) bond motifs is 1. The van der Waals surface area contributed by atoms with Gasteiger partial charge >= 0.3 is 0 Å². The van der Waals surface area contributed by atoms with Crippen molar-refractivity contribution >= 4 is 29.4 Å². The highest BCUT2D eigenvalue weighted by molar-refractivity contribution is 8.00. The topological polar surface area (TPSA) is 67.2 Å². The van der Waals surface area contributed by atoms with Crippen LogP contribution in [0.5, 0.6) is 0 Å². The Morgan fingerprint density at radius 2 is 1.73 bits per heavy atom. The van der Waals surface area contributed by atoms with Crippen LogP contribution < -0.4 is 10.2 Å². The third-order valence-corrected chi connectivity index (χ3v) is 8.19. The van der Waals surface area contributed by atoms with Crippen LogP contribution in [0, 0.1) is 18.6 Å². The molecule has 1 atom stereocenters. The number of nitrogens with one attached hydrogen (secondary N) is 1. The fraction of sp³-hybridized carbons (Fsp3) is 0.281. The van der Waals surface area contributed by atoms with E-state index in [2.05, 4.69) is 26.1 Å². The molecule has 9 heteroatoms. The van der Waals surface area contributed by atoms with Gasteiger partial charge in [0.05, 0.1) is 22.4 Å². The van der Waals surface area contributed by atoms with Gasteiger partial charge in [-0.15, -0.1) is 11.8 Å². The average molecular weight is 575 g/mol. The highest BCUT2D eigenvalue weighted by Gasteiger charge is 2.40. The normalized spacial score (nSPS) is 15.4. The number of rotatable bonds is 6. The first-order chi connectivity index (χ1) is 19.5. The van der Waals surface area contributed by atoms with Gasteiger partial charge in [-0.25, -0.2) is 13.5 Å². The van der Waals surface area contributed by atoms with Crippen molar-refractivity contribution in [2.75, 3.05) is 17.2 Å². The van der Waals surface area contributed by atoms with Crippen LogP contribution in [0.3, 0.4) is 0 Å². The zero-order chi connectivity index (χ0) is 29.3. The number of thioether (sulfide) groups is 1. The second kappa shape index (κ2) is 11.5. The van der Waals surface area contributed by atoms with Crippen LogP contribution in [-0.4, -0.2) is 33.9 Å². The molecule has 6 nitrogen and oxygen atoms in total. The molecular weight excluding hydrogens is 542 g/mol. The number of amides is 2. The summed E-state index contributed by atoms with van der Waals surface area (Å²) in [7, 11) is 0. The summed E-state index contributed by atoms with van der Waals surface area (Å²) in [5.41, 5.74) is 4.41. The predicted molar refractivity (Wildman–Crippen MR) is 158 cm³/mol. The van der Waals surface area contributed by atoms with Gasteiger partial charge in [0.15, 0.2) is 0 Å². The number of hydrogen-bond acceptors (Lipinski definition) is 4. The third-order valence-electron chi connectivity index (χ3n) is 6.93. The van der Waals surface area contributed by atoms with E-state index >= 15 is 0 Å². The molecule has 4 aromatic rings. The fourth-order valence-electron chi connectivity index (χ4n) is 4.87. The fourth-order valence-corrected chi connectivity index (χ4v) is 6.06. The van der Waals surface area contributed by atoms with Crippen molar-refractivity contribution in [3.63, 3.8) is 0 Å². The molecule has 0 fully saturated rings. The van der Waals surface area contributed by atoms with Crippen LogP contribution in [0.15, 0.2) is 72.8 Å². The minimum Gasteiger partial charge on any atom is -0.350 e. The van der Waals surface area contributed by atoms with Gasteiger partial charge < -0.3 is 5.32 Å². The Balaban J connectivity index is 1.63. The van der Waals surface area contributed by atoms with Gasteiger partial charge in [-0.05, 0) is 54.4 Å². The highest BCUT2D eigenvalue weighted by atomic mass is 32.2. The number of benzene rings is 3. The molecular formula is C32H32F2N4O2S. The van der Waals surface area contributed by atoms with Crippen LogP contribution in [0.25, 0.3) is 5.69 Å². The van der Waals surface area contributed by atoms with Gasteiger partial charge in [0.25, 0.3) is 0 Å². The predicted octanol–water partition coefficient (Wildman–Crippen LogP) is 6.24. The van der Waals surface area contributed by atoms with Crippen molar-refractivity contribution in [2.45, 2.75) is 44.9 Å². The Morgan fingerprint density at radius 1 is 1.02 bits per heavy atom. The first kappa shape index (κ1) is 28.5. The average Bonchev–Trinajstić information content (AvgIpc) is 3.26. The minimum absolute atomic E-state index is 0.0958. The SMILES string of the molecule is Cc1ccc(-n2nc(C(C)(C)C)c3c2N(CC(=O)NCc2ccc(F)cc2)C(=O)CS[C@@H]3c2cccc(F)c2)cc1. The standard InChI is InChI=1S/C32H32F2N4O2S/c1-20-8-14-25(15-9-20)38-31-28(30(36-38)32(2,3)4)29(22-6-5-7-24(34)16-22)41-19-27(40)37(31)18-26(39)35-17-21-10-12-23(33)13-11-21/h5-16,29H,17-19H2,1-4H3,(H,35,39)/t29-/m1/s1. The zero-order valence-electron chi connectivity index (χ0n) is 23.4.